The van der Waals surface area contributed by atoms with Crippen molar-refractivity contribution in [3.63, 3.8) is 0 Å². The number of ether oxygens (including phenoxy) is 1. The van der Waals surface area contributed by atoms with Crippen LogP contribution in [0.3, 0.4) is 0 Å². The molecule has 28 heavy (non-hydrogen) atoms. The summed E-state index contributed by atoms with van der Waals surface area (Å²) in [4.78, 5) is 29.8. The van der Waals surface area contributed by atoms with Crippen molar-refractivity contribution < 1.29 is 9.53 Å². The van der Waals surface area contributed by atoms with Crippen LogP contribution in [0.25, 0.3) is 10.9 Å². The smallest absolute Gasteiger partial charge is 0.343 e. The molecule has 0 saturated heterocycles. The maximum absolute atomic E-state index is 12.7. The standard InChI is InChI=1S/C23H24N2O3/c1-14-12-16(23(2,3)4)8-10-19(14)28-22(27)15-7-9-17-18(13-15)24-20-6-5-11-25(20)21(17)26/h7-10,12-13H,5-6,11H2,1-4H3. The second kappa shape index (κ2) is 6.59. The van der Waals surface area contributed by atoms with Crippen molar-refractivity contribution in [1.82, 2.24) is 9.55 Å². The molecule has 0 bridgehead atoms. The molecule has 2 heterocycles. The van der Waals surface area contributed by atoms with Gasteiger partial charge in [-0.2, -0.15) is 0 Å². The number of aromatic nitrogens is 2. The fourth-order valence-corrected chi connectivity index (χ4v) is 3.60. The van der Waals surface area contributed by atoms with Crippen LogP contribution in [0.15, 0.2) is 41.2 Å². The molecular formula is C23H24N2O3. The van der Waals surface area contributed by atoms with Crippen molar-refractivity contribution in [3.05, 3.63) is 69.3 Å². The lowest BCUT2D eigenvalue weighted by atomic mass is 9.86. The molecule has 144 valence electrons. The van der Waals surface area contributed by atoms with Crippen molar-refractivity contribution >= 4 is 16.9 Å². The molecule has 0 amide bonds. The van der Waals surface area contributed by atoms with Gasteiger partial charge in [-0.05, 0) is 54.2 Å². The van der Waals surface area contributed by atoms with Gasteiger partial charge in [0.1, 0.15) is 11.6 Å². The number of nitrogens with zero attached hydrogens (tertiary/aromatic N) is 2. The minimum Gasteiger partial charge on any atom is -0.423 e. The lowest BCUT2D eigenvalue weighted by molar-refractivity contribution is 0.0733. The number of benzene rings is 2. The highest BCUT2D eigenvalue weighted by molar-refractivity contribution is 5.95. The molecule has 1 aliphatic heterocycles. The quantitative estimate of drug-likeness (QED) is 0.497. The monoisotopic (exact) mass is 376 g/mol. The Labute approximate surface area is 164 Å². The molecule has 0 atom stereocenters. The molecule has 0 N–H and O–H groups in total. The first-order valence-corrected chi connectivity index (χ1v) is 9.61. The number of fused-ring (bicyclic) bond motifs is 2. The Kier molecular flexibility index (Phi) is 4.33. The highest BCUT2D eigenvalue weighted by Crippen LogP contribution is 2.28. The topological polar surface area (TPSA) is 61.2 Å². The molecule has 1 aromatic heterocycles. The number of carbonyl (C=O) groups is 1. The van der Waals surface area contributed by atoms with Crippen LogP contribution >= 0.6 is 0 Å². The number of carbonyl (C=O) groups excluding carboxylic acids is 1. The van der Waals surface area contributed by atoms with Crippen LogP contribution in [0.2, 0.25) is 0 Å². The number of rotatable bonds is 2. The summed E-state index contributed by atoms with van der Waals surface area (Å²) in [7, 11) is 0. The zero-order valence-electron chi connectivity index (χ0n) is 16.7. The van der Waals surface area contributed by atoms with Crippen LogP contribution in [0.1, 0.15) is 54.5 Å². The maximum Gasteiger partial charge on any atom is 0.343 e. The fraction of sp³-hybridized carbons (Fsp3) is 0.348. The van der Waals surface area contributed by atoms with Gasteiger partial charge in [-0.3, -0.25) is 9.36 Å². The van der Waals surface area contributed by atoms with Crippen LogP contribution < -0.4 is 10.3 Å². The Balaban J connectivity index is 1.65. The average molecular weight is 376 g/mol. The molecule has 0 unspecified atom stereocenters. The summed E-state index contributed by atoms with van der Waals surface area (Å²) in [6, 6.07) is 10.8. The van der Waals surface area contributed by atoms with Gasteiger partial charge in [-0.15, -0.1) is 0 Å². The van der Waals surface area contributed by atoms with Gasteiger partial charge in [0.05, 0.1) is 16.5 Å². The number of esters is 1. The van der Waals surface area contributed by atoms with E-state index >= 15 is 0 Å². The van der Waals surface area contributed by atoms with E-state index in [2.05, 4.69) is 31.8 Å². The molecular weight excluding hydrogens is 352 g/mol. The van der Waals surface area contributed by atoms with Gasteiger partial charge in [-0.1, -0.05) is 32.9 Å². The van der Waals surface area contributed by atoms with Crippen LogP contribution in [-0.2, 0) is 18.4 Å². The summed E-state index contributed by atoms with van der Waals surface area (Å²) >= 11 is 0. The summed E-state index contributed by atoms with van der Waals surface area (Å²) in [5.41, 5.74) is 3.04. The Bertz CT molecular complexity index is 1150. The first kappa shape index (κ1) is 18.4. The van der Waals surface area contributed by atoms with Gasteiger partial charge < -0.3 is 4.74 Å². The van der Waals surface area contributed by atoms with Gasteiger partial charge in [-0.25, -0.2) is 9.78 Å². The third kappa shape index (κ3) is 3.21. The normalized spacial score (nSPS) is 13.6. The van der Waals surface area contributed by atoms with E-state index in [0.717, 1.165) is 24.2 Å². The van der Waals surface area contributed by atoms with Crippen molar-refractivity contribution in [2.24, 2.45) is 0 Å². The van der Waals surface area contributed by atoms with E-state index in [9.17, 15) is 9.59 Å². The molecule has 5 nitrogen and oxygen atoms in total. The van der Waals surface area contributed by atoms with Crippen LogP contribution in [0.5, 0.6) is 5.75 Å². The molecule has 2 aromatic carbocycles. The second-order valence-corrected chi connectivity index (χ2v) is 8.44. The highest BCUT2D eigenvalue weighted by atomic mass is 16.5. The highest BCUT2D eigenvalue weighted by Gasteiger charge is 2.19. The number of hydrogen-bond acceptors (Lipinski definition) is 4. The van der Waals surface area contributed by atoms with Gasteiger partial charge in [0.15, 0.2) is 0 Å². The Hall–Kier alpha value is -2.95. The molecule has 0 radical (unpaired) electrons. The molecule has 3 aromatic rings. The van der Waals surface area contributed by atoms with E-state index in [0.29, 0.717) is 28.8 Å². The number of hydrogen-bond donors (Lipinski definition) is 0. The van der Waals surface area contributed by atoms with Gasteiger partial charge in [0, 0.05) is 13.0 Å². The summed E-state index contributed by atoms with van der Waals surface area (Å²) in [6.45, 7) is 9.09. The fourth-order valence-electron chi connectivity index (χ4n) is 3.60. The van der Waals surface area contributed by atoms with Crippen LogP contribution in [-0.4, -0.2) is 15.5 Å². The van der Waals surface area contributed by atoms with Crippen LogP contribution in [0.4, 0.5) is 0 Å². The second-order valence-electron chi connectivity index (χ2n) is 8.44. The maximum atomic E-state index is 12.7. The van der Waals surface area contributed by atoms with Crippen molar-refractivity contribution in [3.8, 4) is 5.75 Å². The van der Waals surface area contributed by atoms with Crippen LogP contribution in [0, 0.1) is 6.92 Å². The zero-order chi connectivity index (χ0) is 20.1. The molecule has 5 heteroatoms. The summed E-state index contributed by atoms with van der Waals surface area (Å²) in [6.07, 6.45) is 1.72. The Morgan fingerprint density at radius 1 is 1.14 bits per heavy atom. The summed E-state index contributed by atoms with van der Waals surface area (Å²) < 4.78 is 7.34. The van der Waals surface area contributed by atoms with E-state index < -0.39 is 5.97 Å². The van der Waals surface area contributed by atoms with E-state index in [1.54, 1.807) is 22.8 Å². The van der Waals surface area contributed by atoms with Gasteiger partial charge in [0.2, 0.25) is 0 Å². The lowest BCUT2D eigenvalue weighted by Crippen LogP contribution is -2.21. The van der Waals surface area contributed by atoms with Gasteiger partial charge >= 0.3 is 5.97 Å². The Morgan fingerprint density at radius 3 is 2.64 bits per heavy atom. The number of aryl methyl sites for hydroxylation is 2. The van der Waals surface area contributed by atoms with E-state index in [1.165, 1.54) is 5.56 Å². The third-order valence-corrected chi connectivity index (χ3v) is 5.30. The Morgan fingerprint density at radius 2 is 1.93 bits per heavy atom. The molecule has 0 spiro atoms. The minimum absolute atomic E-state index is 0.0334. The summed E-state index contributed by atoms with van der Waals surface area (Å²) in [5.74, 6) is 0.882. The first-order chi connectivity index (χ1) is 13.2. The molecule has 0 aliphatic carbocycles. The summed E-state index contributed by atoms with van der Waals surface area (Å²) in [5, 5.41) is 0.535. The largest absolute Gasteiger partial charge is 0.423 e. The predicted molar refractivity (Wildman–Crippen MR) is 109 cm³/mol. The average Bonchev–Trinajstić information content (AvgIpc) is 3.11. The molecule has 1 aliphatic rings. The third-order valence-electron chi connectivity index (χ3n) is 5.30. The van der Waals surface area contributed by atoms with Crippen molar-refractivity contribution in [2.75, 3.05) is 0 Å². The molecule has 4 rings (SSSR count). The molecule has 0 saturated carbocycles. The van der Waals surface area contributed by atoms with E-state index in [1.807, 2.05) is 19.1 Å². The van der Waals surface area contributed by atoms with Crippen molar-refractivity contribution in [1.29, 1.82) is 0 Å². The molecule has 0 fully saturated rings. The van der Waals surface area contributed by atoms with Crippen molar-refractivity contribution in [2.45, 2.75) is 52.5 Å². The zero-order valence-corrected chi connectivity index (χ0v) is 16.7. The lowest BCUT2D eigenvalue weighted by Gasteiger charge is -2.20. The van der Waals surface area contributed by atoms with E-state index in [-0.39, 0.29) is 11.0 Å². The van der Waals surface area contributed by atoms with Gasteiger partial charge in [0.25, 0.3) is 5.56 Å². The SMILES string of the molecule is Cc1cc(C(C)(C)C)ccc1OC(=O)c1ccc2c(=O)n3c(nc2c1)CCC3. The predicted octanol–water partition coefficient (Wildman–Crippen LogP) is 4.17. The van der Waals surface area contributed by atoms with E-state index in [4.69, 9.17) is 4.74 Å². The first-order valence-electron chi connectivity index (χ1n) is 9.61. The minimum atomic E-state index is -0.448.